The van der Waals surface area contributed by atoms with Crippen LogP contribution in [0, 0.1) is 0 Å². The quantitative estimate of drug-likeness (QED) is 0.584. The van der Waals surface area contributed by atoms with Gasteiger partial charge in [0.15, 0.2) is 0 Å². The van der Waals surface area contributed by atoms with Crippen LogP contribution in [0.1, 0.15) is 18.7 Å². The summed E-state index contributed by atoms with van der Waals surface area (Å²) in [4.78, 5) is 4.28. The molecule has 1 heterocycles. The van der Waals surface area contributed by atoms with Gasteiger partial charge in [0.2, 0.25) is 0 Å². The Hall–Kier alpha value is -1.05. The van der Waals surface area contributed by atoms with E-state index in [2.05, 4.69) is 4.98 Å². The van der Waals surface area contributed by atoms with Crippen molar-refractivity contribution in [1.82, 2.24) is 4.98 Å². The van der Waals surface area contributed by atoms with Gasteiger partial charge in [-0.15, -0.1) is 0 Å². The van der Waals surface area contributed by atoms with Gasteiger partial charge in [-0.3, -0.25) is 4.98 Å². The van der Waals surface area contributed by atoms with Gasteiger partial charge >= 0.3 is 0 Å². The van der Waals surface area contributed by atoms with Crippen LogP contribution in [0.5, 0.6) is 0 Å². The van der Waals surface area contributed by atoms with Gasteiger partial charge in [0.1, 0.15) is 6.10 Å². The lowest BCUT2D eigenvalue weighted by atomic mass is 10.1. The zero-order chi connectivity index (χ0) is 15.3. The molecule has 0 aliphatic rings. The number of aromatic nitrogens is 1. The zero-order valence-corrected chi connectivity index (χ0v) is 12.9. The van der Waals surface area contributed by atoms with Crippen LogP contribution in [-0.4, -0.2) is 57.8 Å². The van der Waals surface area contributed by atoms with Crippen molar-refractivity contribution in [2.45, 2.75) is 19.1 Å². The van der Waals surface area contributed by atoms with E-state index in [1.807, 2.05) is 25.1 Å². The fraction of sp³-hybridized carbons (Fsp3) is 0.667. The van der Waals surface area contributed by atoms with Crippen LogP contribution in [0.3, 0.4) is 0 Å². The van der Waals surface area contributed by atoms with Gasteiger partial charge in [-0.2, -0.15) is 0 Å². The van der Waals surface area contributed by atoms with Gasteiger partial charge in [0.25, 0.3) is 0 Å². The molecule has 0 radical (unpaired) electrons. The third kappa shape index (κ3) is 8.08. The standard InChI is InChI=1S/C15H26N2O4/c1-13(16)15(14-5-3-4-6-17-14)21-12-11-20-10-9-19-8-7-18-2/h3-6,13,15H,7-12,16H2,1-2H3. The minimum absolute atomic E-state index is 0.128. The first-order chi connectivity index (χ1) is 10.3. The van der Waals surface area contributed by atoms with E-state index < -0.39 is 0 Å². The highest BCUT2D eigenvalue weighted by molar-refractivity contribution is 5.08. The molecule has 0 aliphatic heterocycles. The molecule has 0 saturated carbocycles. The van der Waals surface area contributed by atoms with E-state index in [1.165, 1.54) is 0 Å². The largest absolute Gasteiger partial charge is 0.382 e. The summed E-state index contributed by atoms with van der Waals surface area (Å²) >= 11 is 0. The van der Waals surface area contributed by atoms with E-state index in [4.69, 9.17) is 24.7 Å². The summed E-state index contributed by atoms with van der Waals surface area (Å²) < 4.78 is 21.4. The SMILES string of the molecule is COCCOCCOCCOC(c1ccccn1)C(C)N. The number of hydrogen-bond acceptors (Lipinski definition) is 6. The molecule has 0 aliphatic carbocycles. The van der Waals surface area contributed by atoms with Crippen molar-refractivity contribution in [2.75, 3.05) is 46.8 Å². The van der Waals surface area contributed by atoms with Crippen LogP contribution in [0.4, 0.5) is 0 Å². The van der Waals surface area contributed by atoms with Gasteiger partial charge in [0.05, 0.1) is 45.3 Å². The Morgan fingerprint density at radius 2 is 1.71 bits per heavy atom. The first-order valence-electron chi connectivity index (χ1n) is 7.18. The topological polar surface area (TPSA) is 75.8 Å². The second-order valence-corrected chi connectivity index (χ2v) is 4.62. The predicted molar refractivity (Wildman–Crippen MR) is 80.1 cm³/mol. The highest BCUT2D eigenvalue weighted by atomic mass is 16.6. The second kappa shape index (κ2) is 11.6. The summed E-state index contributed by atoms with van der Waals surface area (Å²) in [5.41, 5.74) is 6.78. The number of pyridine rings is 1. The smallest absolute Gasteiger partial charge is 0.114 e. The third-order valence-electron chi connectivity index (χ3n) is 2.79. The number of rotatable bonds is 12. The lowest BCUT2D eigenvalue weighted by molar-refractivity contribution is -0.0233. The molecule has 0 amide bonds. The Labute approximate surface area is 126 Å². The molecule has 2 atom stereocenters. The minimum atomic E-state index is -0.215. The molecule has 1 rings (SSSR count). The van der Waals surface area contributed by atoms with E-state index in [-0.39, 0.29) is 12.1 Å². The first-order valence-corrected chi connectivity index (χ1v) is 7.18. The summed E-state index contributed by atoms with van der Waals surface area (Å²) in [5.74, 6) is 0. The molecule has 1 aromatic heterocycles. The molecule has 0 spiro atoms. The Kier molecular flexibility index (Phi) is 9.94. The summed E-state index contributed by atoms with van der Waals surface area (Å²) in [7, 11) is 1.65. The van der Waals surface area contributed by atoms with Crippen LogP contribution in [-0.2, 0) is 18.9 Å². The second-order valence-electron chi connectivity index (χ2n) is 4.62. The van der Waals surface area contributed by atoms with Gasteiger partial charge in [-0.05, 0) is 19.1 Å². The van der Waals surface area contributed by atoms with Crippen LogP contribution < -0.4 is 5.73 Å². The average molecular weight is 298 g/mol. The molecule has 120 valence electrons. The monoisotopic (exact) mass is 298 g/mol. The van der Waals surface area contributed by atoms with Gasteiger partial charge in [0, 0.05) is 19.3 Å². The number of hydrogen-bond donors (Lipinski definition) is 1. The Balaban J connectivity index is 2.12. The van der Waals surface area contributed by atoms with Crippen molar-refractivity contribution in [3.8, 4) is 0 Å². The maximum Gasteiger partial charge on any atom is 0.114 e. The molecule has 6 nitrogen and oxygen atoms in total. The Bertz CT molecular complexity index is 349. The van der Waals surface area contributed by atoms with Crippen LogP contribution in [0.2, 0.25) is 0 Å². The first kappa shape index (κ1) is 18.0. The van der Waals surface area contributed by atoms with Crippen molar-refractivity contribution in [3.63, 3.8) is 0 Å². The molecule has 1 aromatic rings. The third-order valence-corrected chi connectivity index (χ3v) is 2.79. The highest BCUT2D eigenvalue weighted by Gasteiger charge is 2.17. The van der Waals surface area contributed by atoms with Crippen molar-refractivity contribution >= 4 is 0 Å². The van der Waals surface area contributed by atoms with Crippen LogP contribution >= 0.6 is 0 Å². The van der Waals surface area contributed by atoms with Crippen LogP contribution in [0.25, 0.3) is 0 Å². The highest BCUT2D eigenvalue weighted by Crippen LogP contribution is 2.17. The Morgan fingerprint density at radius 1 is 1.05 bits per heavy atom. The molecular weight excluding hydrogens is 272 g/mol. The van der Waals surface area contributed by atoms with E-state index in [1.54, 1.807) is 13.3 Å². The molecule has 2 unspecified atom stereocenters. The molecule has 0 fully saturated rings. The van der Waals surface area contributed by atoms with Gasteiger partial charge < -0.3 is 24.7 Å². The molecule has 0 aromatic carbocycles. The van der Waals surface area contributed by atoms with Crippen molar-refractivity contribution in [3.05, 3.63) is 30.1 Å². The predicted octanol–water partition coefficient (Wildman–Crippen LogP) is 1.17. The fourth-order valence-corrected chi connectivity index (χ4v) is 1.75. The van der Waals surface area contributed by atoms with Crippen molar-refractivity contribution in [1.29, 1.82) is 0 Å². The van der Waals surface area contributed by atoms with E-state index in [0.29, 0.717) is 39.6 Å². The molecule has 6 heteroatoms. The molecule has 0 bridgehead atoms. The van der Waals surface area contributed by atoms with Crippen molar-refractivity contribution < 1.29 is 18.9 Å². The summed E-state index contributed by atoms with van der Waals surface area (Å²) in [6, 6.07) is 5.58. The van der Waals surface area contributed by atoms with E-state index >= 15 is 0 Å². The lowest BCUT2D eigenvalue weighted by Gasteiger charge is -2.20. The average Bonchev–Trinajstić information content (AvgIpc) is 2.50. The zero-order valence-electron chi connectivity index (χ0n) is 12.9. The van der Waals surface area contributed by atoms with Gasteiger partial charge in [-0.1, -0.05) is 6.07 Å². The normalized spacial score (nSPS) is 14.0. The molecule has 0 saturated heterocycles. The number of nitrogens with two attached hydrogens (primary N) is 1. The summed E-state index contributed by atoms with van der Waals surface area (Å²) in [6.07, 6.45) is 1.52. The molecular formula is C15H26N2O4. The summed E-state index contributed by atoms with van der Waals surface area (Å²) in [6.45, 7) is 5.17. The van der Waals surface area contributed by atoms with E-state index in [0.717, 1.165) is 5.69 Å². The van der Waals surface area contributed by atoms with Crippen molar-refractivity contribution in [2.24, 2.45) is 5.73 Å². The van der Waals surface area contributed by atoms with Crippen LogP contribution in [0.15, 0.2) is 24.4 Å². The maximum absolute atomic E-state index is 5.94. The number of ether oxygens (including phenoxy) is 4. The maximum atomic E-state index is 5.94. The fourth-order valence-electron chi connectivity index (χ4n) is 1.75. The number of methoxy groups -OCH3 is 1. The van der Waals surface area contributed by atoms with Gasteiger partial charge in [-0.25, -0.2) is 0 Å². The molecule has 2 N–H and O–H groups in total. The lowest BCUT2D eigenvalue weighted by Crippen LogP contribution is -2.28. The summed E-state index contributed by atoms with van der Waals surface area (Å²) in [5, 5.41) is 0. The Morgan fingerprint density at radius 3 is 2.29 bits per heavy atom. The number of nitrogens with zero attached hydrogens (tertiary/aromatic N) is 1. The molecule has 21 heavy (non-hydrogen) atoms. The minimum Gasteiger partial charge on any atom is -0.382 e. The van der Waals surface area contributed by atoms with E-state index in [9.17, 15) is 0 Å².